The van der Waals surface area contributed by atoms with Crippen molar-refractivity contribution in [2.75, 3.05) is 0 Å². The highest BCUT2D eigenvalue weighted by Gasteiger charge is 2.18. The van der Waals surface area contributed by atoms with Crippen LogP contribution in [0.3, 0.4) is 0 Å². The third-order valence-electron chi connectivity index (χ3n) is 3.62. The lowest BCUT2D eigenvalue weighted by Gasteiger charge is -2.20. The fraction of sp³-hybridized carbons (Fsp3) is 0.579. The second-order valence-corrected chi connectivity index (χ2v) is 7.90. The summed E-state index contributed by atoms with van der Waals surface area (Å²) in [6.07, 6.45) is 9.95. The maximum atomic E-state index is 2.27. The molecule has 1 aromatic heterocycles. The first kappa shape index (κ1) is 16.8. The van der Waals surface area contributed by atoms with Gasteiger partial charge in [-0.1, -0.05) is 44.1 Å². The van der Waals surface area contributed by atoms with Gasteiger partial charge in [-0.2, -0.15) is 0 Å². The van der Waals surface area contributed by atoms with E-state index in [2.05, 4.69) is 90.6 Å². The van der Waals surface area contributed by atoms with E-state index in [0.29, 0.717) is 5.41 Å². The Morgan fingerprint density at radius 3 is 1.75 bits per heavy atom. The first-order valence-corrected chi connectivity index (χ1v) is 7.52. The maximum absolute atomic E-state index is 2.27. The molecule has 0 bridgehead atoms. The van der Waals surface area contributed by atoms with Crippen LogP contribution < -0.4 is 0 Å². The van der Waals surface area contributed by atoms with Gasteiger partial charge in [0, 0.05) is 17.9 Å². The standard InChI is InChI=1S/C10H16.C9H15N/c1-8-5-6-9(7-8)10(2,3)4;1-8-5-6-10(7-8)9(2,3)4/h5-6H,7H2,1-4H3;5-7H,1-4H3. The molecule has 1 aliphatic carbocycles. The zero-order chi connectivity index (χ0) is 15.6. The van der Waals surface area contributed by atoms with Crippen LogP contribution in [0.5, 0.6) is 0 Å². The van der Waals surface area contributed by atoms with E-state index in [0.717, 1.165) is 0 Å². The Hall–Kier alpha value is -1.24. The number of aryl methyl sites for hydroxylation is 1. The lowest BCUT2D eigenvalue weighted by Crippen LogP contribution is -2.19. The van der Waals surface area contributed by atoms with E-state index in [-0.39, 0.29) is 5.54 Å². The third-order valence-corrected chi connectivity index (χ3v) is 3.62. The number of hydrogen-bond acceptors (Lipinski definition) is 0. The predicted molar refractivity (Wildman–Crippen MR) is 90.1 cm³/mol. The van der Waals surface area contributed by atoms with E-state index in [9.17, 15) is 0 Å². The van der Waals surface area contributed by atoms with Gasteiger partial charge in [-0.15, -0.1) is 0 Å². The molecule has 0 fully saturated rings. The summed E-state index contributed by atoms with van der Waals surface area (Å²) in [5, 5.41) is 0. The van der Waals surface area contributed by atoms with Crippen molar-refractivity contribution in [2.24, 2.45) is 5.41 Å². The van der Waals surface area contributed by atoms with Gasteiger partial charge in [-0.3, -0.25) is 0 Å². The van der Waals surface area contributed by atoms with Gasteiger partial charge in [0.25, 0.3) is 0 Å². The lowest BCUT2D eigenvalue weighted by molar-refractivity contribution is 0.398. The van der Waals surface area contributed by atoms with Crippen molar-refractivity contribution in [3.8, 4) is 0 Å². The number of allylic oxidation sites excluding steroid dienone is 4. The summed E-state index contributed by atoms with van der Waals surface area (Å²) in [6, 6.07) is 2.13. The molecule has 0 N–H and O–H groups in total. The first-order valence-electron chi connectivity index (χ1n) is 7.52. The highest BCUT2D eigenvalue weighted by molar-refractivity contribution is 5.32. The number of hydrogen-bond donors (Lipinski definition) is 0. The van der Waals surface area contributed by atoms with Gasteiger partial charge < -0.3 is 4.57 Å². The molecule has 0 saturated carbocycles. The van der Waals surface area contributed by atoms with Crippen LogP contribution in [0.25, 0.3) is 0 Å². The average molecular weight is 273 g/mol. The molecule has 1 nitrogen and oxygen atoms in total. The Balaban J connectivity index is 0.000000200. The van der Waals surface area contributed by atoms with Crippen LogP contribution >= 0.6 is 0 Å². The molecule has 0 atom stereocenters. The van der Waals surface area contributed by atoms with Crippen molar-refractivity contribution in [2.45, 2.75) is 67.3 Å². The van der Waals surface area contributed by atoms with Crippen molar-refractivity contribution in [1.29, 1.82) is 0 Å². The van der Waals surface area contributed by atoms with Gasteiger partial charge in [0.1, 0.15) is 0 Å². The summed E-state index contributed by atoms with van der Waals surface area (Å²) in [5.74, 6) is 0. The molecule has 0 saturated heterocycles. The molecular formula is C19H31N. The molecule has 2 rings (SSSR count). The Labute approximate surface area is 125 Å². The fourth-order valence-electron chi connectivity index (χ4n) is 2.10. The zero-order valence-electron chi connectivity index (χ0n) is 14.5. The monoisotopic (exact) mass is 273 g/mol. The summed E-state index contributed by atoms with van der Waals surface area (Å²) in [4.78, 5) is 0. The smallest absolute Gasteiger partial charge is 0.0355 e. The quantitative estimate of drug-likeness (QED) is 0.558. The van der Waals surface area contributed by atoms with Gasteiger partial charge in [0.2, 0.25) is 0 Å². The molecule has 1 aliphatic rings. The maximum Gasteiger partial charge on any atom is 0.0355 e. The summed E-state index contributed by atoms with van der Waals surface area (Å²) < 4.78 is 2.22. The molecule has 0 amide bonds. The molecule has 1 aromatic rings. The van der Waals surface area contributed by atoms with E-state index in [1.54, 1.807) is 5.57 Å². The Morgan fingerprint density at radius 2 is 1.55 bits per heavy atom. The largest absolute Gasteiger partial charge is 0.349 e. The summed E-state index contributed by atoms with van der Waals surface area (Å²) in [5.41, 5.74) is 4.98. The average Bonchev–Trinajstić information content (AvgIpc) is 2.85. The van der Waals surface area contributed by atoms with Crippen molar-refractivity contribution in [3.63, 3.8) is 0 Å². The van der Waals surface area contributed by atoms with Gasteiger partial charge in [0.05, 0.1) is 0 Å². The normalized spacial score (nSPS) is 15.4. The number of aromatic nitrogens is 1. The van der Waals surface area contributed by atoms with Crippen LogP contribution in [0.2, 0.25) is 0 Å². The minimum atomic E-state index is 0.230. The summed E-state index contributed by atoms with van der Waals surface area (Å²) in [6.45, 7) is 17.7. The molecule has 1 heterocycles. The predicted octanol–water partition coefficient (Wildman–Crippen LogP) is 5.86. The van der Waals surface area contributed by atoms with Crippen LogP contribution in [-0.2, 0) is 5.54 Å². The van der Waals surface area contributed by atoms with E-state index in [1.165, 1.54) is 17.6 Å². The van der Waals surface area contributed by atoms with Crippen LogP contribution in [0.4, 0.5) is 0 Å². The Bertz CT molecular complexity index is 499. The van der Waals surface area contributed by atoms with Gasteiger partial charge >= 0.3 is 0 Å². The van der Waals surface area contributed by atoms with Gasteiger partial charge in [-0.05, 0) is 58.1 Å². The molecule has 112 valence electrons. The molecule has 0 aliphatic heterocycles. The molecule has 0 aromatic carbocycles. The third kappa shape index (κ3) is 5.03. The zero-order valence-corrected chi connectivity index (χ0v) is 14.5. The number of rotatable bonds is 0. The summed E-state index contributed by atoms with van der Waals surface area (Å²) in [7, 11) is 0. The molecule has 1 heteroatoms. The van der Waals surface area contributed by atoms with Gasteiger partial charge in [0.15, 0.2) is 0 Å². The van der Waals surface area contributed by atoms with Crippen molar-refractivity contribution < 1.29 is 0 Å². The first-order chi connectivity index (χ1) is 9.00. The fourth-order valence-corrected chi connectivity index (χ4v) is 2.10. The Morgan fingerprint density at radius 1 is 0.950 bits per heavy atom. The van der Waals surface area contributed by atoms with E-state index in [4.69, 9.17) is 0 Å². The second-order valence-electron chi connectivity index (χ2n) is 7.90. The topological polar surface area (TPSA) is 4.93 Å². The second kappa shape index (κ2) is 6.03. The van der Waals surface area contributed by atoms with Crippen LogP contribution in [0.15, 0.2) is 41.8 Å². The molecule has 0 unspecified atom stereocenters. The van der Waals surface area contributed by atoms with E-state index in [1.807, 2.05) is 0 Å². The molecule has 0 spiro atoms. The van der Waals surface area contributed by atoms with Crippen molar-refractivity contribution in [3.05, 3.63) is 47.3 Å². The molecule has 0 radical (unpaired) electrons. The summed E-state index contributed by atoms with van der Waals surface area (Å²) >= 11 is 0. The van der Waals surface area contributed by atoms with Crippen molar-refractivity contribution in [1.82, 2.24) is 4.57 Å². The molecular weight excluding hydrogens is 242 g/mol. The van der Waals surface area contributed by atoms with Crippen LogP contribution in [0, 0.1) is 12.3 Å². The highest BCUT2D eigenvalue weighted by Crippen LogP contribution is 2.33. The Kier molecular flexibility index (Phi) is 5.07. The van der Waals surface area contributed by atoms with E-state index < -0.39 is 0 Å². The minimum Gasteiger partial charge on any atom is -0.349 e. The lowest BCUT2D eigenvalue weighted by atomic mass is 9.85. The van der Waals surface area contributed by atoms with Crippen LogP contribution in [0.1, 0.15) is 60.5 Å². The SMILES string of the molecule is CC1=CC=C(C(C)(C)C)C1.Cc1ccn(C(C)(C)C)c1. The van der Waals surface area contributed by atoms with E-state index >= 15 is 0 Å². The number of nitrogens with zero attached hydrogens (tertiary/aromatic N) is 1. The van der Waals surface area contributed by atoms with Gasteiger partial charge in [-0.25, -0.2) is 0 Å². The van der Waals surface area contributed by atoms with Crippen molar-refractivity contribution >= 4 is 0 Å². The van der Waals surface area contributed by atoms with Crippen LogP contribution in [-0.4, -0.2) is 4.57 Å². The minimum absolute atomic E-state index is 0.230. The molecule has 20 heavy (non-hydrogen) atoms. The highest BCUT2D eigenvalue weighted by atomic mass is 15.0.